The molecule has 1 rings (SSSR count). The van der Waals surface area contributed by atoms with Crippen molar-refractivity contribution in [2.45, 2.75) is 25.3 Å². The third kappa shape index (κ3) is 3.43. The monoisotopic (exact) mass is 182 g/mol. The van der Waals surface area contributed by atoms with Crippen LogP contribution in [0.25, 0.3) is 0 Å². The summed E-state index contributed by atoms with van der Waals surface area (Å²) in [7, 11) is 1.55. The Labute approximate surface area is 77.9 Å². The highest BCUT2D eigenvalue weighted by Gasteiger charge is 2.32. The number of methoxy groups -OCH3 is 1. The molecule has 1 aliphatic carbocycles. The molecule has 0 aromatic rings. The molecule has 0 aromatic heterocycles. The topological polar surface area (TPSA) is 62.1 Å². The van der Waals surface area contributed by atoms with Crippen molar-refractivity contribution in [2.75, 3.05) is 13.7 Å². The van der Waals surface area contributed by atoms with Crippen LogP contribution in [0.2, 0.25) is 0 Å². The van der Waals surface area contributed by atoms with Crippen LogP contribution in [0.1, 0.15) is 19.3 Å². The summed E-state index contributed by atoms with van der Waals surface area (Å²) in [5.41, 5.74) is 0. The summed E-state index contributed by atoms with van der Waals surface area (Å²) < 4.78 is 4.76. The van der Waals surface area contributed by atoms with Crippen LogP contribution in [0.3, 0.4) is 0 Å². The fourth-order valence-electron chi connectivity index (χ4n) is 1.13. The number of nitrogens with one attached hydrogen (secondary N) is 1. The first-order valence-corrected chi connectivity index (χ1v) is 4.46. The molecule has 1 amide bonds. The van der Waals surface area contributed by atoms with E-state index in [2.05, 4.69) is 11.4 Å². The van der Waals surface area contributed by atoms with E-state index < -0.39 is 0 Å². The molecule has 1 aliphatic rings. The van der Waals surface area contributed by atoms with Crippen LogP contribution in [0, 0.1) is 17.2 Å². The Kier molecular flexibility index (Phi) is 3.71. The number of carbonyl (C=O) groups excluding carboxylic acids is 1. The first kappa shape index (κ1) is 10.0. The molecule has 0 aliphatic heterocycles. The number of hydrogen-bond donors (Lipinski definition) is 1. The molecule has 1 saturated carbocycles. The zero-order valence-corrected chi connectivity index (χ0v) is 7.75. The van der Waals surface area contributed by atoms with Crippen LogP contribution >= 0.6 is 0 Å². The van der Waals surface area contributed by atoms with Crippen molar-refractivity contribution in [2.24, 2.45) is 5.92 Å². The van der Waals surface area contributed by atoms with Gasteiger partial charge in [0.15, 0.2) is 0 Å². The molecule has 1 N–H and O–H groups in total. The van der Waals surface area contributed by atoms with Gasteiger partial charge in [-0.2, -0.15) is 5.26 Å². The maximum absolute atomic E-state index is 11.2. The van der Waals surface area contributed by atoms with Gasteiger partial charge in [0, 0.05) is 13.5 Å². The Hall–Kier alpha value is -1.08. The molecule has 1 unspecified atom stereocenters. The fraction of sp³-hybridized carbons (Fsp3) is 0.778. The first-order valence-electron chi connectivity index (χ1n) is 4.46. The van der Waals surface area contributed by atoms with E-state index in [9.17, 15) is 4.79 Å². The molecule has 0 saturated heterocycles. The van der Waals surface area contributed by atoms with Crippen molar-refractivity contribution in [1.82, 2.24) is 5.32 Å². The van der Waals surface area contributed by atoms with Gasteiger partial charge in [-0.05, 0) is 18.8 Å². The molecule has 1 fully saturated rings. The maximum atomic E-state index is 11.2. The van der Waals surface area contributed by atoms with Gasteiger partial charge in [-0.1, -0.05) is 0 Å². The van der Waals surface area contributed by atoms with Crippen LogP contribution in [0.5, 0.6) is 0 Å². The van der Waals surface area contributed by atoms with Crippen molar-refractivity contribution in [1.29, 1.82) is 5.26 Å². The minimum atomic E-state index is -0.288. The molecule has 13 heavy (non-hydrogen) atoms. The average Bonchev–Trinajstić information content (AvgIpc) is 2.94. The largest absolute Gasteiger partial charge is 0.384 e. The second-order valence-electron chi connectivity index (χ2n) is 3.25. The van der Waals surface area contributed by atoms with Crippen LogP contribution in [0.4, 0.5) is 0 Å². The van der Waals surface area contributed by atoms with E-state index in [0.717, 1.165) is 12.8 Å². The Morgan fingerprint density at radius 1 is 1.77 bits per heavy atom. The first-order chi connectivity index (χ1) is 6.27. The molecule has 72 valence electrons. The van der Waals surface area contributed by atoms with Gasteiger partial charge in [0.1, 0.15) is 6.04 Å². The molecular formula is C9H14N2O2. The maximum Gasteiger partial charge on any atom is 0.223 e. The quantitative estimate of drug-likeness (QED) is 0.671. The van der Waals surface area contributed by atoms with E-state index >= 15 is 0 Å². The van der Waals surface area contributed by atoms with Gasteiger partial charge in [-0.25, -0.2) is 0 Å². The number of nitriles is 1. The fourth-order valence-corrected chi connectivity index (χ4v) is 1.13. The molecular weight excluding hydrogens is 168 g/mol. The highest BCUT2D eigenvalue weighted by Crippen LogP contribution is 2.32. The van der Waals surface area contributed by atoms with Gasteiger partial charge < -0.3 is 10.1 Å². The predicted octanol–water partition coefficient (Wildman–Crippen LogP) is 0.441. The smallest absolute Gasteiger partial charge is 0.223 e. The highest BCUT2D eigenvalue weighted by molar-refractivity contribution is 5.76. The van der Waals surface area contributed by atoms with Gasteiger partial charge in [0.05, 0.1) is 12.7 Å². The third-order valence-electron chi connectivity index (χ3n) is 2.08. The van der Waals surface area contributed by atoms with Crippen molar-refractivity contribution in [3.05, 3.63) is 0 Å². The second kappa shape index (κ2) is 4.83. The lowest BCUT2D eigenvalue weighted by Crippen LogP contribution is -2.35. The molecule has 0 radical (unpaired) electrons. The van der Waals surface area contributed by atoms with Crippen LogP contribution in [0.15, 0.2) is 0 Å². The number of nitrogens with zero attached hydrogens (tertiary/aromatic N) is 1. The lowest BCUT2D eigenvalue weighted by molar-refractivity contribution is -0.122. The molecule has 4 nitrogen and oxygen atoms in total. The molecule has 0 heterocycles. The normalized spacial score (nSPS) is 17.5. The van der Waals surface area contributed by atoms with E-state index in [1.54, 1.807) is 7.11 Å². The Balaban J connectivity index is 2.21. The number of amides is 1. The van der Waals surface area contributed by atoms with E-state index in [1.807, 2.05) is 0 Å². The lowest BCUT2D eigenvalue weighted by atomic mass is 10.2. The summed E-state index contributed by atoms with van der Waals surface area (Å²) in [5.74, 6) is 0.289. The summed E-state index contributed by atoms with van der Waals surface area (Å²) in [6.07, 6.45) is 2.45. The Bertz CT molecular complexity index is 218. The van der Waals surface area contributed by atoms with E-state index in [4.69, 9.17) is 10.00 Å². The van der Waals surface area contributed by atoms with Gasteiger partial charge in [0.25, 0.3) is 0 Å². The lowest BCUT2D eigenvalue weighted by Gasteiger charge is -2.09. The standard InChI is InChI=1S/C9H14N2O2/c1-13-5-4-9(12)11-8(6-10)7-2-3-7/h7-8H,2-5H2,1H3,(H,11,12). The van der Waals surface area contributed by atoms with Gasteiger partial charge in [-0.15, -0.1) is 0 Å². The molecule has 4 heteroatoms. The van der Waals surface area contributed by atoms with Crippen LogP contribution < -0.4 is 5.32 Å². The third-order valence-corrected chi connectivity index (χ3v) is 2.08. The number of ether oxygens (including phenoxy) is 1. The summed E-state index contributed by atoms with van der Waals surface area (Å²) in [5, 5.41) is 11.4. The summed E-state index contributed by atoms with van der Waals surface area (Å²) in [6.45, 7) is 0.411. The highest BCUT2D eigenvalue weighted by atomic mass is 16.5. The minimum Gasteiger partial charge on any atom is -0.384 e. The van der Waals surface area contributed by atoms with Crippen molar-refractivity contribution in [3.63, 3.8) is 0 Å². The average molecular weight is 182 g/mol. The minimum absolute atomic E-state index is 0.0969. The molecule has 0 aromatic carbocycles. The summed E-state index contributed by atoms with van der Waals surface area (Å²) in [4.78, 5) is 11.2. The zero-order valence-electron chi connectivity index (χ0n) is 7.75. The van der Waals surface area contributed by atoms with E-state index in [0.29, 0.717) is 18.9 Å². The van der Waals surface area contributed by atoms with E-state index in [1.165, 1.54) is 0 Å². The van der Waals surface area contributed by atoms with Crippen molar-refractivity contribution in [3.8, 4) is 6.07 Å². The number of hydrogen-bond acceptors (Lipinski definition) is 3. The number of carbonyl (C=O) groups is 1. The molecule has 0 spiro atoms. The number of rotatable bonds is 5. The predicted molar refractivity (Wildman–Crippen MR) is 46.8 cm³/mol. The summed E-state index contributed by atoms with van der Waals surface area (Å²) >= 11 is 0. The van der Waals surface area contributed by atoms with Crippen molar-refractivity contribution >= 4 is 5.91 Å². The second-order valence-corrected chi connectivity index (χ2v) is 3.25. The molecule has 1 atom stereocenters. The Morgan fingerprint density at radius 3 is 2.92 bits per heavy atom. The van der Waals surface area contributed by atoms with Crippen LogP contribution in [-0.4, -0.2) is 25.7 Å². The van der Waals surface area contributed by atoms with Crippen LogP contribution in [-0.2, 0) is 9.53 Å². The SMILES string of the molecule is COCCC(=O)NC(C#N)C1CC1. The van der Waals surface area contributed by atoms with E-state index in [-0.39, 0.29) is 11.9 Å². The van der Waals surface area contributed by atoms with Gasteiger partial charge in [-0.3, -0.25) is 4.79 Å². The zero-order chi connectivity index (χ0) is 9.68. The van der Waals surface area contributed by atoms with Gasteiger partial charge >= 0.3 is 0 Å². The van der Waals surface area contributed by atoms with Gasteiger partial charge in [0.2, 0.25) is 5.91 Å². The summed E-state index contributed by atoms with van der Waals surface area (Å²) in [6, 6.07) is 1.81. The van der Waals surface area contributed by atoms with Crippen molar-refractivity contribution < 1.29 is 9.53 Å². The Morgan fingerprint density at radius 2 is 2.46 bits per heavy atom. The molecule has 0 bridgehead atoms.